The predicted octanol–water partition coefficient (Wildman–Crippen LogP) is 4.61. The number of ether oxygens (including phenoxy) is 1. The van der Waals surface area contributed by atoms with Gasteiger partial charge in [0.1, 0.15) is 5.75 Å². The van der Waals surface area contributed by atoms with Gasteiger partial charge in [0.25, 0.3) is 5.91 Å². The maximum atomic E-state index is 12.4. The summed E-state index contributed by atoms with van der Waals surface area (Å²) in [7, 11) is 1.61. The van der Waals surface area contributed by atoms with Gasteiger partial charge in [0.15, 0.2) is 0 Å². The van der Waals surface area contributed by atoms with Crippen molar-refractivity contribution in [3.8, 4) is 5.75 Å². The van der Waals surface area contributed by atoms with E-state index in [9.17, 15) is 4.79 Å². The van der Waals surface area contributed by atoms with Crippen molar-refractivity contribution >= 4 is 22.9 Å². The number of benzene rings is 1. The molecule has 2 aromatic rings. The van der Waals surface area contributed by atoms with Crippen LogP contribution in [0.3, 0.4) is 0 Å². The van der Waals surface area contributed by atoms with Crippen molar-refractivity contribution in [3.05, 3.63) is 45.6 Å². The third-order valence-electron chi connectivity index (χ3n) is 3.38. The zero-order valence-corrected chi connectivity index (χ0v) is 13.9. The van der Waals surface area contributed by atoms with Crippen LogP contribution in [0.15, 0.2) is 29.6 Å². The van der Waals surface area contributed by atoms with Crippen molar-refractivity contribution in [2.45, 2.75) is 33.1 Å². The average molecular weight is 303 g/mol. The highest BCUT2D eigenvalue weighted by molar-refractivity contribution is 7.12. The first-order chi connectivity index (χ1) is 9.82. The fourth-order valence-corrected chi connectivity index (χ4v) is 2.88. The van der Waals surface area contributed by atoms with Crippen molar-refractivity contribution < 1.29 is 9.53 Å². The molecule has 0 atom stereocenters. The second kappa shape index (κ2) is 5.90. The molecule has 1 aromatic heterocycles. The quantitative estimate of drug-likeness (QED) is 0.899. The summed E-state index contributed by atoms with van der Waals surface area (Å²) in [4.78, 5) is 13.1. The lowest BCUT2D eigenvalue weighted by atomic mass is 9.87. The van der Waals surface area contributed by atoms with Gasteiger partial charge in [-0.25, -0.2) is 0 Å². The van der Waals surface area contributed by atoms with Gasteiger partial charge in [-0.15, -0.1) is 11.3 Å². The molecular weight excluding hydrogens is 282 g/mol. The van der Waals surface area contributed by atoms with E-state index >= 15 is 0 Å². The maximum absolute atomic E-state index is 12.4. The number of amides is 1. The Hall–Kier alpha value is -1.81. The van der Waals surface area contributed by atoms with Crippen LogP contribution in [0.25, 0.3) is 0 Å². The molecule has 0 bridgehead atoms. The highest BCUT2D eigenvalue weighted by Gasteiger charge is 2.18. The maximum Gasteiger partial charge on any atom is 0.266 e. The molecule has 21 heavy (non-hydrogen) atoms. The predicted molar refractivity (Wildman–Crippen MR) is 88.7 cm³/mol. The minimum atomic E-state index is -0.0909. The first-order valence-electron chi connectivity index (χ1n) is 6.87. The molecule has 0 aliphatic rings. The van der Waals surface area contributed by atoms with E-state index in [-0.39, 0.29) is 11.3 Å². The summed E-state index contributed by atoms with van der Waals surface area (Å²) in [5, 5.41) is 4.89. The van der Waals surface area contributed by atoms with E-state index in [1.165, 1.54) is 11.3 Å². The van der Waals surface area contributed by atoms with Crippen LogP contribution in [0.1, 0.15) is 41.6 Å². The van der Waals surface area contributed by atoms with E-state index in [1.54, 1.807) is 7.11 Å². The first kappa shape index (κ1) is 15.6. The SMILES string of the molecule is COc1ccc(C(C)(C)C)cc1NC(=O)c1sccc1C. The molecular formula is C17H21NO2S. The summed E-state index contributed by atoms with van der Waals surface area (Å²) in [5.74, 6) is 0.581. The number of methoxy groups -OCH3 is 1. The molecule has 3 nitrogen and oxygen atoms in total. The molecule has 0 unspecified atom stereocenters. The van der Waals surface area contributed by atoms with Crippen LogP contribution in [0.4, 0.5) is 5.69 Å². The highest BCUT2D eigenvalue weighted by atomic mass is 32.1. The smallest absolute Gasteiger partial charge is 0.266 e. The van der Waals surface area contributed by atoms with Gasteiger partial charge in [-0.2, -0.15) is 0 Å². The fraction of sp³-hybridized carbons (Fsp3) is 0.353. The lowest BCUT2D eigenvalue weighted by molar-refractivity contribution is 0.102. The molecule has 0 aliphatic carbocycles. The topological polar surface area (TPSA) is 38.3 Å². The fourth-order valence-electron chi connectivity index (χ4n) is 2.06. The van der Waals surface area contributed by atoms with Crippen LogP contribution in [0.2, 0.25) is 0 Å². The number of hydrogen-bond donors (Lipinski definition) is 1. The molecule has 1 N–H and O–H groups in total. The summed E-state index contributed by atoms with van der Waals surface area (Å²) in [5.41, 5.74) is 2.87. The van der Waals surface area contributed by atoms with Crippen molar-refractivity contribution in [1.29, 1.82) is 0 Å². The molecule has 112 valence electrons. The van der Waals surface area contributed by atoms with Crippen LogP contribution in [-0.4, -0.2) is 13.0 Å². The highest BCUT2D eigenvalue weighted by Crippen LogP contribution is 2.32. The van der Waals surface area contributed by atoms with Gasteiger partial charge in [0.05, 0.1) is 17.7 Å². The Bertz CT molecular complexity index is 653. The zero-order valence-electron chi connectivity index (χ0n) is 13.1. The number of thiophene rings is 1. The van der Waals surface area contributed by atoms with Crippen LogP contribution in [0, 0.1) is 6.92 Å². The Balaban J connectivity index is 2.34. The lowest BCUT2D eigenvalue weighted by Crippen LogP contribution is -2.15. The van der Waals surface area contributed by atoms with E-state index in [1.807, 2.05) is 36.6 Å². The van der Waals surface area contributed by atoms with E-state index in [0.29, 0.717) is 11.4 Å². The minimum absolute atomic E-state index is 0.0185. The normalized spacial score (nSPS) is 11.3. The van der Waals surface area contributed by atoms with Gasteiger partial charge in [0, 0.05) is 0 Å². The van der Waals surface area contributed by atoms with Crippen molar-refractivity contribution in [2.75, 3.05) is 12.4 Å². The summed E-state index contributed by atoms with van der Waals surface area (Å²) in [6, 6.07) is 7.87. The van der Waals surface area contributed by atoms with Crippen LogP contribution in [-0.2, 0) is 5.41 Å². The molecule has 1 heterocycles. The third-order valence-corrected chi connectivity index (χ3v) is 4.40. The van der Waals surface area contributed by atoms with E-state index < -0.39 is 0 Å². The Morgan fingerprint density at radius 2 is 1.95 bits per heavy atom. The lowest BCUT2D eigenvalue weighted by Gasteiger charge is -2.21. The first-order valence-corrected chi connectivity index (χ1v) is 7.75. The molecule has 1 aromatic carbocycles. The molecule has 0 aliphatic heterocycles. The van der Waals surface area contributed by atoms with Gasteiger partial charge in [-0.1, -0.05) is 26.8 Å². The van der Waals surface area contributed by atoms with Crippen molar-refractivity contribution in [3.63, 3.8) is 0 Å². The largest absolute Gasteiger partial charge is 0.495 e. The molecule has 0 fully saturated rings. The number of rotatable bonds is 3. The van der Waals surface area contributed by atoms with Gasteiger partial charge in [-0.05, 0) is 47.0 Å². The van der Waals surface area contributed by atoms with Crippen LogP contribution >= 0.6 is 11.3 Å². The van der Waals surface area contributed by atoms with E-state index in [0.717, 1.165) is 16.0 Å². The molecule has 4 heteroatoms. The standard InChI is InChI=1S/C17H21NO2S/c1-11-8-9-21-15(11)16(19)18-13-10-12(17(2,3)4)6-7-14(13)20-5/h6-10H,1-5H3,(H,18,19). The monoisotopic (exact) mass is 303 g/mol. The molecule has 2 rings (SSSR count). The van der Waals surface area contributed by atoms with Gasteiger partial charge in [0.2, 0.25) is 0 Å². The molecule has 1 amide bonds. The molecule has 0 saturated heterocycles. The van der Waals surface area contributed by atoms with Crippen LogP contribution in [0.5, 0.6) is 5.75 Å². The molecule has 0 spiro atoms. The van der Waals surface area contributed by atoms with Gasteiger partial charge < -0.3 is 10.1 Å². The number of anilines is 1. The number of hydrogen-bond acceptors (Lipinski definition) is 3. The number of carbonyl (C=O) groups excluding carboxylic acids is 1. The average Bonchev–Trinajstić information content (AvgIpc) is 2.84. The Kier molecular flexibility index (Phi) is 4.37. The summed E-state index contributed by atoms with van der Waals surface area (Å²) in [6.07, 6.45) is 0. The third kappa shape index (κ3) is 3.45. The minimum Gasteiger partial charge on any atom is -0.495 e. The second-order valence-electron chi connectivity index (χ2n) is 6.05. The van der Waals surface area contributed by atoms with Gasteiger partial charge >= 0.3 is 0 Å². The van der Waals surface area contributed by atoms with Crippen molar-refractivity contribution in [1.82, 2.24) is 0 Å². The Morgan fingerprint density at radius 1 is 1.24 bits per heavy atom. The summed E-state index contributed by atoms with van der Waals surface area (Å²) in [6.45, 7) is 8.37. The van der Waals surface area contributed by atoms with Gasteiger partial charge in [-0.3, -0.25) is 4.79 Å². The number of aryl methyl sites for hydroxylation is 1. The number of nitrogens with one attached hydrogen (secondary N) is 1. The Morgan fingerprint density at radius 3 is 2.48 bits per heavy atom. The zero-order chi connectivity index (χ0) is 15.6. The second-order valence-corrected chi connectivity index (χ2v) is 6.97. The summed E-state index contributed by atoms with van der Waals surface area (Å²) < 4.78 is 5.35. The van der Waals surface area contributed by atoms with Crippen molar-refractivity contribution in [2.24, 2.45) is 0 Å². The Labute approximate surface area is 130 Å². The summed E-state index contributed by atoms with van der Waals surface area (Å²) >= 11 is 1.45. The molecule has 0 saturated carbocycles. The molecule has 0 radical (unpaired) electrons. The number of carbonyl (C=O) groups is 1. The van der Waals surface area contributed by atoms with E-state index in [4.69, 9.17) is 4.74 Å². The van der Waals surface area contributed by atoms with E-state index in [2.05, 4.69) is 26.1 Å². The van der Waals surface area contributed by atoms with Crippen LogP contribution < -0.4 is 10.1 Å².